The van der Waals surface area contributed by atoms with Crippen LogP contribution in [0.25, 0.3) is 0 Å². The zero-order chi connectivity index (χ0) is 10.7. The molecule has 14 heavy (non-hydrogen) atoms. The molecule has 1 aromatic carbocycles. The first kappa shape index (κ1) is 11.0. The van der Waals surface area contributed by atoms with E-state index in [-0.39, 0.29) is 12.6 Å². The Hall–Kier alpha value is -1.06. The predicted octanol–water partition coefficient (Wildman–Crippen LogP) is 1.05. The van der Waals surface area contributed by atoms with E-state index in [4.69, 9.17) is 10.8 Å². The van der Waals surface area contributed by atoms with Crippen LogP contribution in [0, 0.1) is 6.92 Å². The largest absolute Gasteiger partial charge is 0.394 e. The third-order valence-corrected chi connectivity index (χ3v) is 2.33. The second-order valence-electron chi connectivity index (χ2n) is 3.73. The Morgan fingerprint density at radius 1 is 1.43 bits per heavy atom. The van der Waals surface area contributed by atoms with Crippen LogP contribution >= 0.6 is 0 Å². The van der Waals surface area contributed by atoms with E-state index in [2.05, 4.69) is 4.90 Å². The Bertz CT molecular complexity index is 310. The zero-order valence-electron chi connectivity index (χ0n) is 8.99. The van der Waals surface area contributed by atoms with Gasteiger partial charge in [-0.1, -0.05) is 12.1 Å². The quantitative estimate of drug-likeness (QED) is 0.756. The van der Waals surface area contributed by atoms with Gasteiger partial charge in [0.1, 0.15) is 0 Å². The number of hydrogen-bond donors (Lipinski definition) is 2. The molecule has 1 rings (SSSR count). The first-order chi connectivity index (χ1) is 6.56. The van der Waals surface area contributed by atoms with Crippen LogP contribution in [0.1, 0.15) is 17.2 Å². The van der Waals surface area contributed by atoms with E-state index < -0.39 is 0 Å². The van der Waals surface area contributed by atoms with Crippen LogP contribution in [0.2, 0.25) is 0 Å². The van der Waals surface area contributed by atoms with Gasteiger partial charge in [0.15, 0.2) is 0 Å². The van der Waals surface area contributed by atoms with E-state index in [1.54, 1.807) is 0 Å². The molecule has 0 aromatic heterocycles. The van der Waals surface area contributed by atoms with E-state index in [0.29, 0.717) is 0 Å². The molecule has 0 aliphatic carbocycles. The van der Waals surface area contributed by atoms with E-state index in [1.807, 2.05) is 39.2 Å². The highest BCUT2D eigenvalue weighted by molar-refractivity contribution is 5.53. The van der Waals surface area contributed by atoms with Crippen molar-refractivity contribution in [2.75, 3.05) is 25.6 Å². The van der Waals surface area contributed by atoms with Crippen molar-refractivity contribution in [3.05, 3.63) is 29.3 Å². The first-order valence-electron chi connectivity index (χ1n) is 4.70. The van der Waals surface area contributed by atoms with Crippen LogP contribution in [-0.4, -0.2) is 25.8 Å². The summed E-state index contributed by atoms with van der Waals surface area (Å²) < 4.78 is 0. The number of anilines is 1. The summed E-state index contributed by atoms with van der Waals surface area (Å²) in [6, 6.07) is 5.74. The van der Waals surface area contributed by atoms with E-state index in [1.165, 1.54) is 11.3 Å². The summed E-state index contributed by atoms with van der Waals surface area (Å²) in [5.74, 6) is 0. The molecule has 0 saturated carbocycles. The molecule has 0 aliphatic heterocycles. The molecule has 3 N–H and O–H groups in total. The lowest BCUT2D eigenvalue weighted by atomic mass is 10.0. The molecule has 3 heteroatoms. The monoisotopic (exact) mass is 194 g/mol. The molecular weight excluding hydrogens is 176 g/mol. The van der Waals surface area contributed by atoms with Crippen LogP contribution in [0.15, 0.2) is 18.2 Å². The molecule has 3 nitrogen and oxygen atoms in total. The Labute approximate surface area is 85.2 Å². The molecule has 0 aliphatic rings. The fourth-order valence-electron chi connectivity index (χ4n) is 1.52. The summed E-state index contributed by atoms with van der Waals surface area (Å²) in [5.41, 5.74) is 9.06. The first-order valence-corrected chi connectivity index (χ1v) is 4.70. The number of aliphatic hydroxyl groups is 1. The lowest BCUT2D eigenvalue weighted by molar-refractivity contribution is 0.268. The Kier molecular flexibility index (Phi) is 3.49. The lowest BCUT2D eigenvalue weighted by Crippen LogP contribution is -2.16. The van der Waals surface area contributed by atoms with Gasteiger partial charge in [0.05, 0.1) is 12.6 Å². The number of rotatable bonds is 3. The van der Waals surface area contributed by atoms with Crippen molar-refractivity contribution in [3.8, 4) is 0 Å². The molecule has 1 atom stereocenters. The smallest absolute Gasteiger partial charge is 0.0624 e. The molecule has 0 radical (unpaired) electrons. The van der Waals surface area contributed by atoms with Gasteiger partial charge in [0.2, 0.25) is 0 Å². The van der Waals surface area contributed by atoms with Crippen LogP contribution < -0.4 is 10.6 Å². The van der Waals surface area contributed by atoms with Crippen LogP contribution in [0.5, 0.6) is 0 Å². The van der Waals surface area contributed by atoms with Gasteiger partial charge in [-0.25, -0.2) is 0 Å². The minimum absolute atomic E-state index is 0.0131. The lowest BCUT2D eigenvalue weighted by Gasteiger charge is -2.17. The summed E-state index contributed by atoms with van der Waals surface area (Å²) in [5, 5.41) is 8.92. The number of aryl methyl sites for hydroxylation is 1. The fourth-order valence-corrected chi connectivity index (χ4v) is 1.52. The van der Waals surface area contributed by atoms with E-state index in [9.17, 15) is 0 Å². The third kappa shape index (κ3) is 2.25. The van der Waals surface area contributed by atoms with Gasteiger partial charge in [0, 0.05) is 19.8 Å². The Balaban J connectivity index is 3.00. The summed E-state index contributed by atoms with van der Waals surface area (Å²) in [4.78, 5) is 2.06. The second kappa shape index (κ2) is 4.44. The molecule has 0 spiro atoms. The molecule has 0 heterocycles. The molecule has 1 aromatic rings. The van der Waals surface area contributed by atoms with Crippen molar-refractivity contribution in [2.45, 2.75) is 13.0 Å². The van der Waals surface area contributed by atoms with Crippen LogP contribution in [0.4, 0.5) is 5.69 Å². The van der Waals surface area contributed by atoms with Crippen molar-refractivity contribution in [1.82, 2.24) is 0 Å². The third-order valence-electron chi connectivity index (χ3n) is 2.33. The maximum Gasteiger partial charge on any atom is 0.0624 e. The molecule has 0 unspecified atom stereocenters. The molecule has 0 fully saturated rings. The average molecular weight is 194 g/mol. The normalized spacial score (nSPS) is 12.6. The van der Waals surface area contributed by atoms with Crippen molar-refractivity contribution < 1.29 is 5.11 Å². The van der Waals surface area contributed by atoms with Gasteiger partial charge in [-0.15, -0.1) is 0 Å². The Morgan fingerprint density at radius 2 is 2.07 bits per heavy atom. The highest BCUT2D eigenvalue weighted by Crippen LogP contribution is 2.21. The molecule has 0 saturated heterocycles. The number of nitrogens with two attached hydrogens (primary N) is 1. The summed E-state index contributed by atoms with van der Waals surface area (Å²) in [6.45, 7) is 2.03. The summed E-state index contributed by atoms with van der Waals surface area (Å²) in [7, 11) is 4.02. The highest BCUT2D eigenvalue weighted by Gasteiger charge is 2.07. The van der Waals surface area contributed by atoms with Crippen molar-refractivity contribution >= 4 is 5.69 Å². The Morgan fingerprint density at radius 3 is 2.50 bits per heavy atom. The second-order valence-corrected chi connectivity index (χ2v) is 3.73. The number of aliphatic hydroxyl groups excluding tert-OH is 1. The number of benzene rings is 1. The van der Waals surface area contributed by atoms with Gasteiger partial charge in [-0.2, -0.15) is 0 Å². The van der Waals surface area contributed by atoms with Crippen molar-refractivity contribution in [1.29, 1.82) is 0 Å². The minimum Gasteiger partial charge on any atom is -0.394 e. The molecular formula is C11H18N2O. The fraction of sp³-hybridized carbons (Fsp3) is 0.455. The highest BCUT2D eigenvalue weighted by atomic mass is 16.3. The number of hydrogen-bond acceptors (Lipinski definition) is 3. The molecule has 0 bridgehead atoms. The van der Waals surface area contributed by atoms with E-state index >= 15 is 0 Å². The van der Waals surface area contributed by atoms with E-state index in [0.717, 1.165) is 5.56 Å². The maximum atomic E-state index is 8.92. The van der Waals surface area contributed by atoms with Crippen molar-refractivity contribution in [3.63, 3.8) is 0 Å². The van der Waals surface area contributed by atoms with Gasteiger partial charge in [-0.05, 0) is 24.1 Å². The summed E-state index contributed by atoms with van der Waals surface area (Å²) in [6.07, 6.45) is 0. The minimum atomic E-state index is -0.273. The van der Waals surface area contributed by atoms with Crippen molar-refractivity contribution in [2.24, 2.45) is 5.73 Å². The predicted molar refractivity (Wildman–Crippen MR) is 59.5 cm³/mol. The average Bonchev–Trinajstić information content (AvgIpc) is 2.15. The standard InChI is InChI=1S/C11H18N2O/c1-8-6-9(10(12)7-14)4-5-11(8)13(2)3/h4-6,10,14H,7,12H2,1-3H3/t10-/m0/s1. The number of nitrogens with zero attached hydrogens (tertiary/aromatic N) is 1. The van der Waals surface area contributed by atoms with Crippen LogP contribution in [-0.2, 0) is 0 Å². The van der Waals surface area contributed by atoms with Gasteiger partial charge < -0.3 is 15.7 Å². The molecule has 0 amide bonds. The van der Waals surface area contributed by atoms with Gasteiger partial charge in [0.25, 0.3) is 0 Å². The summed E-state index contributed by atoms with van der Waals surface area (Å²) >= 11 is 0. The maximum absolute atomic E-state index is 8.92. The topological polar surface area (TPSA) is 49.5 Å². The van der Waals surface area contributed by atoms with Gasteiger partial charge >= 0.3 is 0 Å². The zero-order valence-corrected chi connectivity index (χ0v) is 8.99. The van der Waals surface area contributed by atoms with Crippen LogP contribution in [0.3, 0.4) is 0 Å². The van der Waals surface area contributed by atoms with Gasteiger partial charge in [-0.3, -0.25) is 0 Å². The SMILES string of the molecule is Cc1cc([C@@H](N)CO)ccc1N(C)C. The molecule has 78 valence electrons.